The van der Waals surface area contributed by atoms with Crippen molar-refractivity contribution in [2.24, 2.45) is 0 Å². The van der Waals surface area contributed by atoms with Crippen molar-refractivity contribution in [3.05, 3.63) is 67.6 Å². The molecule has 0 spiro atoms. The lowest BCUT2D eigenvalue weighted by molar-refractivity contribution is -0.384. The molecule has 0 heterocycles. The van der Waals surface area contributed by atoms with E-state index in [1.54, 1.807) is 24.3 Å². The molecule has 2 rings (SSSR count). The van der Waals surface area contributed by atoms with Gasteiger partial charge in [0, 0.05) is 16.1 Å². The Labute approximate surface area is 177 Å². The number of thiocarbonyl (C=S) groups is 1. The first-order valence-electron chi connectivity index (χ1n) is 7.48. The number of nitro benzene ring substituents is 1. The summed E-state index contributed by atoms with van der Waals surface area (Å²) in [4.78, 5) is 34.0. The number of nitrogens with one attached hydrogen (secondary N) is 3. The van der Waals surface area contributed by atoms with Crippen molar-refractivity contribution in [1.29, 1.82) is 0 Å². The first-order valence-corrected chi connectivity index (χ1v) is 9.06. The number of amides is 2. The number of carbonyl (C=O) groups excluding carboxylic acids is 2. The summed E-state index contributed by atoms with van der Waals surface area (Å²) in [6, 6.07) is 10.4. The number of benzene rings is 2. The Hall–Kier alpha value is -2.76. The first kappa shape index (κ1) is 21.5. The van der Waals surface area contributed by atoms with E-state index in [9.17, 15) is 19.7 Å². The number of hydrazine groups is 1. The molecule has 0 radical (unpaired) electrons. The molecule has 28 heavy (non-hydrogen) atoms. The molecule has 0 saturated carbocycles. The van der Waals surface area contributed by atoms with Gasteiger partial charge in [0.1, 0.15) is 10.8 Å². The molecule has 0 aliphatic heterocycles. The molecule has 146 valence electrons. The maximum Gasteiger partial charge on any atom is 0.288 e. The van der Waals surface area contributed by atoms with Crippen molar-refractivity contribution in [3.8, 4) is 5.75 Å². The third-order valence-electron chi connectivity index (χ3n) is 3.13. The van der Waals surface area contributed by atoms with E-state index in [2.05, 4.69) is 32.1 Å². The van der Waals surface area contributed by atoms with Crippen LogP contribution in [0.4, 0.5) is 5.69 Å². The Morgan fingerprint density at radius 3 is 2.50 bits per heavy atom. The molecule has 2 amide bonds. The topological polar surface area (TPSA) is 123 Å². The van der Waals surface area contributed by atoms with Gasteiger partial charge in [-0.1, -0.05) is 27.5 Å². The fourth-order valence-corrected chi connectivity index (χ4v) is 2.47. The average Bonchev–Trinajstić information content (AvgIpc) is 2.65. The molecule has 0 aliphatic rings. The van der Waals surface area contributed by atoms with E-state index in [1.807, 2.05) is 0 Å². The average molecular weight is 488 g/mol. The Kier molecular flexibility index (Phi) is 7.67. The summed E-state index contributed by atoms with van der Waals surface area (Å²) in [6.07, 6.45) is 0. The Morgan fingerprint density at radius 2 is 1.86 bits per heavy atom. The monoisotopic (exact) mass is 486 g/mol. The second-order valence-corrected chi connectivity index (χ2v) is 6.85. The zero-order valence-electron chi connectivity index (χ0n) is 13.9. The highest BCUT2D eigenvalue weighted by atomic mass is 79.9. The van der Waals surface area contributed by atoms with E-state index in [-0.39, 0.29) is 22.3 Å². The molecule has 9 nitrogen and oxygen atoms in total. The molecule has 2 aromatic carbocycles. The van der Waals surface area contributed by atoms with Gasteiger partial charge in [0.05, 0.1) is 4.92 Å². The molecule has 12 heteroatoms. The lowest BCUT2D eigenvalue weighted by atomic mass is 10.2. The van der Waals surface area contributed by atoms with E-state index >= 15 is 0 Å². The zero-order valence-corrected chi connectivity index (χ0v) is 17.1. The van der Waals surface area contributed by atoms with Crippen LogP contribution in [0.5, 0.6) is 5.75 Å². The summed E-state index contributed by atoms with van der Waals surface area (Å²) in [5, 5.41) is 12.9. The van der Waals surface area contributed by atoms with Crippen molar-refractivity contribution < 1.29 is 19.2 Å². The third kappa shape index (κ3) is 6.44. The number of hydrogen-bond donors (Lipinski definition) is 3. The second-order valence-electron chi connectivity index (χ2n) is 5.12. The molecule has 0 aromatic heterocycles. The van der Waals surface area contributed by atoms with Crippen LogP contribution in [0.2, 0.25) is 5.02 Å². The van der Waals surface area contributed by atoms with Gasteiger partial charge < -0.3 is 4.74 Å². The molecule has 2 aromatic rings. The number of nitrogens with zero attached hydrogens (tertiary/aromatic N) is 1. The summed E-state index contributed by atoms with van der Waals surface area (Å²) >= 11 is 13.9. The number of nitro groups is 1. The van der Waals surface area contributed by atoms with Crippen LogP contribution in [0.25, 0.3) is 0 Å². The maximum absolute atomic E-state index is 12.0. The number of carbonyl (C=O) groups is 2. The van der Waals surface area contributed by atoms with E-state index in [0.717, 1.165) is 10.5 Å². The second kappa shape index (κ2) is 9.97. The predicted molar refractivity (Wildman–Crippen MR) is 109 cm³/mol. The van der Waals surface area contributed by atoms with Crippen LogP contribution >= 0.6 is 39.7 Å². The van der Waals surface area contributed by atoms with Gasteiger partial charge in [-0.25, -0.2) is 0 Å². The third-order valence-corrected chi connectivity index (χ3v) is 4.18. The van der Waals surface area contributed by atoms with Crippen molar-refractivity contribution in [2.45, 2.75) is 0 Å². The van der Waals surface area contributed by atoms with Crippen LogP contribution < -0.4 is 20.9 Å². The van der Waals surface area contributed by atoms with Gasteiger partial charge in [0.15, 0.2) is 11.7 Å². The number of ether oxygens (including phenoxy) is 1. The van der Waals surface area contributed by atoms with Gasteiger partial charge in [-0.15, -0.1) is 0 Å². The number of halogens is 2. The highest BCUT2D eigenvalue weighted by molar-refractivity contribution is 9.10. The Balaban J connectivity index is 1.80. The summed E-state index contributed by atoms with van der Waals surface area (Å²) in [5.41, 5.74) is 4.10. The van der Waals surface area contributed by atoms with Gasteiger partial charge in [-0.05, 0) is 48.6 Å². The standard InChI is InChI=1S/C16H12BrClN4O5S/c17-10-2-4-11(5-3-10)27-8-14(23)19-16(28)21-20-15(24)9-1-6-12(18)13(7-9)22(25)26/h1-7H,8H2,(H,20,24)(H2,19,21,23,28). The molecular weight excluding hydrogens is 476 g/mol. The molecule has 0 atom stereocenters. The fraction of sp³-hybridized carbons (Fsp3) is 0.0625. The molecule has 0 saturated heterocycles. The van der Waals surface area contributed by atoms with E-state index in [1.165, 1.54) is 12.1 Å². The normalized spacial score (nSPS) is 9.93. The maximum atomic E-state index is 12.0. The Bertz CT molecular complexity index is 926. The lowest BCUT2D eigenvalue weighted by Gasteiger charge is -2.11. The quantitative estimate of drug-likeness (QED) is 0.337. The molecule has 3 N–H and O–H groups in total. The van der Waals surface area contributed by atoms with E-state index < -0.39 is 22.4 Å². The lowest BCUT2D eigenvalue weighted by Crippen LogP contribution is -2.49. The van der Waals surface area contributed by atoms with Crippen LogP contribution in [0.15, 0.2) is 46.9 Å². The van der Waals surface area contributed by atoms with Crippen molar-refractivity contribution >= 4 is 62.4 Å². The smallest absolute Gasteiger partial charge is 0.288 e. The summed E-state index contributed by atoms with van der Waals surface area (Å²) in [7, 11) is 0. The predicted octanol–water partition coefficient (Wildman–Crippen LogP) is 2.73. The number of rotatable bonds is 5. The fourth-order valence-electron chi connectivity index (χ4n) is 1.85. The number of hydrogen-bond acceptors (Lipinski definition) is 6. The van der Waals surface area contributed by atoms with Crippen molar-refractivity contribution in [1.82, 2.24) is 16.2 Å². The Morgan fingerprint density at radius 1 is 1.18 bits per heavy atom. The van der Waals surface area contributed by atoms with Crippen LogP contribution in [0.3, 0.4) is 0 Å². The summed E-state index contributed by atoms with van der Waals surface area (Å²) in [5.74, 6) is -0.755. The van der Waals surface area contributed by atoms with Gasteiger partial charge in [-0.2, -0.15) is 0 Å². The van der Waals surface area contributed by atoms with Crippen molar-refractivity contribution in [2.75, 3.05) is 6.61 Å². The highest BCUT2D eigenvalue weighted by Gasteiger charge is 2.16. The van der Waals surface area contributed by atoms with Gasteiger partial charge in [-0.3, -0.25) is 35.9 Å². The van der Waals surface area contributed by atoms with Crippen LogP contribution in [-0.4, -0.2) is 28.5 Å². The van der Waals surface area contributed by atoms with Crippen molar-refractivity contribution in [3.63, 3.8) is 0 Å². The van der Waals surface area contributed by atoms with Crippen LogP contribution in [0, 0.1) is 10.1 Å². The highest BCUT2D eigenvalue weighted by Crippen LogP contribution is 2.24. The minimum atomic E-state index is -0.706. The van der Waals surface area contributed by atoms with Gasteiger partial charge >= 0.3 is 0 Å². The molecule has 0 aliphatic carbocycles. The van der Waals surface area contributed by atoms with Crippen LogP contribution in [-0.2, 0) is 4.79 Å². The zero-order chi connectivity index (χ0) is 20.7. The SMILES string of the molecule is O=C(COc1ccc(Br)cc1)NC(=S)NNC(=O)c1ccc(Cl)c([N+](=O)[O-])c1. The largest absolute Gasteiger partial charge is 0.484 e. The molecular formula is C16H12BrClN4O5S. The molecule has 0 unspecified atom stereocenters. The van der Waals surface area contributed by atoms with Crippen LogP contribution in [0.1, 0.15) is 10.4 Å². The molecule has 0 bridgehead atoms. The van der Waals surface area contributed by atoms with E-state index in [4.69, 9.17) is 28.6 Å². The minimum absolute atomic E-state index is 0.0173. The first-order chi connectivity index (χ1) is 13.3. The van der Waals surface area contributed by atoms with Gasteiger partial charge in [0.2, 0.25) is 0 Å². The summed E-state index contributed by atoms with van der Waals surface area (Å²) in [6.45, 7) is -0.291. The van der Waals surface area contributed by atoms with E-state index in [0.29, 0.717) is 5.75 Å². The minimum Gasteiger partial charge on any atom is -0.484 e. The van der Waals surface area contributed by atoms with Gasteiger partial charge in [0.25, 0.3) is 17.5 Å². The summed E-state index contributed by atoms with van der Waals surface area (Å²) < 4.78 is 6.15. The molecule has 0 fully saturated rings.